The Morgan fingerprint density at radius 2 is 1.82 bits per heavy atom. The van der Waals surface area contributed by atoms with E-state index in [1.165, 1.54) is 37.3 Å². The zero-order chi connectivity index (χ0) is 20.5. The second-order valence-electron chi connectivity index (χ2n) is 5.84. The zero-order valence-electron chi connectivity index (χ0n) is 14.3. The molecule has 0 spiro atoms. The fourth-order valence-electron chi connectivity index (χ4n) is 2.47. The number of carbonyl (C=O) groups is 2. The van der Waals surface area contributed by atoms with E-state index >= 15 is 0 Å². The molecule has 146 valence electrons. The van der Waals surface area contributed by atoms with Gasteiger partial charge in [0, 0.05) is 10.1 Å². The lowest BCUT2D eigenvalue weighted by molar-refractivity contribution is -0.137. The quantitative estimate of drug-likeness (QED) is 0.472. The maximum Gasteiger partial charge on any atom is 0.418 e. The Hall–Kier alpha value is -2.94. The second kappa shape index (κ2) is 7.59. The Labute approximate surface area is 160 Å². The van der Waals surface area contributed by atoms with Gasteiger partial charge in [-0.3, -0.25) is 4.79 Å². The number of hydrogen-bond donors (Lipinski definition) is 1. The van der Waals surface area contributed by atoms with Gasteiger partial charge in [-0.05, 0) is 37.3 Å². The summed E-state index contributed by atoms with van der Waals surface area (Å²) in [5.41, 5.74) is -1.45. The Morgan fingerprint density at radius 3 is 2.50 bits per heavy atom. The van der Waals surface area contributed by atoms with Gasteiger partial charge in [0.05, 0.1) is 11.3 Å². The molecule has 2 aromatic carbocycles. The van der Waals surface area contributed by atoms with Crippen LogP contribution in [0.15, 0.2) is 48.5 Å². The van der Waals surface area contributed by atoms with Gasteiger partial charge >= 0.3 is 12.1 Å². The van der Waals surface area contributed by atoms with Crippen molar-refractivity contribution in [1.29, 1.82) is 0 Å². The Morgan fingerprint density at radius 1 is 1.11 bits per heavy atom. The van der Waals surface area contributed by atoms with Crippen molar-refractivity contribution in [3.63, 3.8) is 0 Å². The highest BCUT2D eigenvalue weighted by molar-refractivity contribution is 7.20. The molecule has 3 rings (SSSR count). The molecule has 9 heteroatoms. The average Bonchev–Trinajstić information content (AvgIpc) is 3.07. The number of benzene rings is 2. The number of halogens is 4. The van der Waals surface area contributed by atoms with Gasteiger partial charge in [-0.2, -0.15) is 13.2 Å². The van der Waals surface area contributed by atoms with Crippen molar-refractivity contribution in [3.8, 4) is 0 Å². The lowest BCUT2D eigenvalue weighted by Gasteiger charge is -2.16. The molecule has 1 amide bonds. The number of alkyl halides is 3. The molecule has 0 aliphatic carbocycles. The Balaban J connectivity index is 1.72. The Kier molecular flexibility index (Phi) is 5.37. The number of ether oxygens (including phenoxy) is 1. The molecule has 0 saturated heterocycles. The molecule has 0 bridgehead atoms. The number of nitrogens with one attached hydrogen (secondary N) is 1. The van der Waals surface area contributed by atoms with Gasteiger partial charge in [0.25, 0.3) is 5.91 Å². The highest BCUT2D eigenvalue weighted by atomic mass is 32.1. The van der Waals surface area contributed by atoms with Gasteiger partial charge in [-0.25, -0.2) is 9.18 Å². The first-order valence-corrected chi connectivity index (χ1v) is 8.84. The molecule has 0 aliphatic heterocycles. The van der Waals surface area contributed by atoms with Crippen molar-refractivity contribution in [3.05, 3.63) is 64.8 Å². The molecule has 0 fully saturated rings. The van der Waals surface area contributed by atoms with Crippen LogP contribution < -0.4 is 5.32 Å². The first-order valence-electron chi connectivity index (χ1n) is 8.03. The number of hydrogen-bond acceptors (Lipinski definition) is 4. The van der Waals surface area contributed by atoms with Crippen LogP contribution in [0.2, 0.25) is 0 Å². The van der Waals surface area contributed by atoms with E-state index in [9.17, 15) is 27.2 Å². The van der Waals surface area contributed by atoms with Crippen molar-refractivity contribution < 1.29 is 31.9 Å². The van der Waals surface area contributed by atoms with E-state index in [1.54, 1.807) is 6.07 Å². The minimum absolute atomic E-state index is 0.0791. The third-order valence-corrected chi connectivity index (χ3v) is 4.93. The first kappa shape index (κ1) is 19.8. The summed E-state index contributed by atoms with van der Waals surface area (Å²) in [5.74, 6) is -2.29. The minimum atomic E-state index is -4.65. The van der Waals surface area contributed by atoms with Crippen LogP contribution in [-0.2, 0) is 15.7 Å². The SMILES string of the molecule is C[C@@H](OC(=O)c1cc2c(F)cccc2s1)C(=O)Nc1ccccc1C(F)(F)F. The summed E-state index contributed by atoms with van der Waals surface area (Å²) in [6.45, 7) is 1.23. The van der Waals surface area contributed by atoms with Crippen LogP contribution in [0.1, 0.15) is 22.2 Å². The number of rotatable bonds is 4. The van der Waals surface area contributed by atoms with Gasteiger partial charge < -0.3 is 10.1 Å². The number of amides is 1. The van der Waals surface area contributed by atoms with Crippen LogP contribution in [0.3, 0.4) is 0 Å². The van der Waals surface area contributed by atoms with E-state index in [1.807, 2.05) is 0 Å². The second-order valence-corrected chi connectivity index (χ2v) is 6.93. The van der Waals surface area contributed by atoms with Gasteiger partial charge in [-0.15, -0.1) is 11.3 Å². The molecule has 0 saturated carbocycles. The molecule has 1 atom stereocenters. The minimum Gasteiger partial charge on any atom is -0.448 e. The summed E-state index contributed by atoms with van der Waals surface area (Å²) in [5, 5.41) is 2.36. The molecular formula is C19H13F4NO3S. The monoisotopic (exact) mass is 411 g/mol. The molecule has 4 nitrogen and oxygen atoms in total. The van der Waals surface area contributed by atoms with Crippen molar-refractivity contribution >= 4 is 39.0 Å². The molecule has 0 unspecified atom stereocenters. The van der Waals surface area contributed by atoms with E-state index in [2.05, 4.69) is 5.32 Å². The standard InChI is InChI=1S/C19H13F4NO3S/c1-10(17(25)24-14-7-3-2-5-12(14)19(21,22)23)27-18(26)16-9-11-13(20)6-4-8-15(11)28-16/h2-10H,1H3,(H,24,25)/t10-/m1/s1. The van der Waals surface area contributed by atoms with Crippen LogP contribution in [0.5, 0.6) is 0 Å². The summed E-state index contributed by atoms with van der Waals surface area (Å²) in [6, 6.07) is 10.2. The van der Waals surface area contributed by atoms with Crippen LogP contribution in [0, 0.1) is 5.82 Å². The van der Waals surface area contributed by atoms with Crippen LogP contribution in [-0.4, -0.2) is 18.0 Å². The van der Waals surface area contributed by atoms with Gasteiger partial charge in [0.15, 0.2) is 6.10 Å². The fourth-order valence-corrected chi connectivity index (χ4v) is 3.43. The van der Waals surface area contributed by atoms with Crippen molar-refractivity contribution in [2.75, 3.05) is 5.32 Å². The number of para-hydroxylation sites is 1. The number of esters is 1. The fraction of sp³-hybridized carbons (Fsp3) is 0.158. The molecule has 3 aromatic rings. The van der Waals surface area contributed by atoms with Crippen molar-refractivity contribution in [1.82, 2.24) is 0 Å². The van der Waals surface area contributed by atoms with E-state index < -0.39 is 41.2 Å². The molecule has 0 aliphatic rings. The maximum atomic E-state index is 13.7. The number of fused-ring (bicyclic) bond motifs is 1. The first-order chi connectivity index (χ1) is 13.2. The zero-order valence-corrected chi connectivity index (χ0v) is 15.2. The normalized spacial score (nSPS) is 12.6. The van der Waals surface area contributed by atoms with E-state index in [4.69, 9.17) is 4.74 Å². The highest BCUT2D eigenvalue weighted by Crippen LogP contribution is 2.34. The molecular weight excluding hydrogens is 398 g/mol. The van der Waals surface area contributed by atoms with Crippen LogP contribution in [0.4, 0.5) is 23.2 Å². The van der Waals surface area contributed by atoms with E-state index in [0.29, 0.717) is 4.70 Å². The number of thiophene rings is 1. The lowest BCUT2D eigenvalue weighted by atomic mass is 10.1. The van der Waals surface area contributed by atoms with E-state index in [-0.39, 0.29) is 10.3 Å². The summed E-state index contributed by atoms with van der Waals surface area (Å²) >= 11 is 0.988. The van der Waals surface area contributed by atoms with E-state index in [0.717, 1.165) is 23.5 Å². The van der Waals surface area contributed by atoms with Crippen LogP contribution in [0.25, 0.3) is 10.1 Å². The molecule has 1 heterocycles. The predicted molar refractivity (Wildman–Crippen MR) is 96.7 cm³/mol. The highest BCUT2D eigenvalue weighted by Gasteiger charge is 2.34. The average molecular weight is 411 g/mol. The molecule has 1 aromatic heterocycles. The third kappa shape index (κ3) is 4.14. The number of carbonyl (C=O) groups excluding carboxylic acids is 2. The van der Waals surface area contributed by atoms with Crippen molar-refractivity contribution in [2.24, 2.45) is 0 Å². The Bertz CT molecular complexity index is 1050. The predicted octanol–water partition coefficient (Wildman–Crippen LogP) is 5.24. The smallest absolute Gasteiger partial charge is 0.418 e. The summed E-state index contributed by atoms with van der Waals surface area (Å²) in [6.07, 6.45) is -6.01. The largest absolute Gasteiger partial charge is 0.448 e. The van der Waals surface area contributed by atoms with Crippen molar-refractivity contribution in [2.45, 2.75) is 19.2 Å². The topological polar surface area (TPSA) is 55.4 Å². The van der Waals surface area contributed by atoms with Gasteiger partial charge in [0.2, 0.25) is 0 Å². The number of anilines is 1. The molecule has 0 radical (unpaired) electrons. The molecule has 1 N–H and O–H groups in total. The van der Waals surface area contributed by atoms with Gasteiger partial charge in [0.1, 0.15) is 10.7 Å². The third-order valence-electron chi connectivity index (χ3n) is 3.85. The summed E-state index contributed by atoms with van der Waals surface area (Å²) in [7, 11) is 0. The molecule has 28 heavy (non-hydrogen) atoms. The van der Waals surface area contributed by atoms with Gasteiger partial charge in [-0.1, -0.05) is 18.2 Å². The maximum absolute atomic E-state index is 13.7. The summed E-state index contributed by atoms with van der Waals surface area (Å²) in [4.78, 5) is 24.5. The summed E-state index contributed by atoms with van der Waals surface area (Å²) < 4.78 is 58.3. The lowest BCUT2D eigenvalue weighted by Crippen LogP contribution is -2.30. The van der Waals surface area contributed by atoms with Crippen LogP contribution >= 0.6 is 11.3 Å².